The molecule has 1 aromatic carbocycles. The van der Waals surface area contributed by atoms with Gasteiger partial charge in [-0.1, -0.05) is 43.7 Å². The van der Waals surface area contributed by atoms with Gasteiger partial charge in [-0.15, -0.1) is 0 Å². The van der Waals surface area contributed by atoms with E-state index in [1.54, 1.807) is 12.3 Å². The fraction of sp³-hybridized carbons (Fsp3) is 0.520. The van der Waals surface area contributed by atoms with Crippen molar-refractivity contribution >= 4 is 17.7 Å². The van der Waals surface area contributed by atoms with Gasteiger partial charge in [0.15, 0.2) is 5.82 Å². The number of halogens is 1. The summed E-state index contributed by atoms with van der Waals surface area (Å²) in [6, 6.07) is 9.75. The first-order valence-corrected chi connectivity index (χ1v) is 11.8. The Morgan fingerprint density at radius 3 is 2.67 bits per heavy atom. The average molecular weight is 458 g/mol. The molecule has 2 heterocycles. The number of rotatable bonds is 12. The smallest absolute Gasteiger partial charge is 0.254 e. The number of anilines is 2. The summed E-state index contributed by atoms with van der Waals surface area (Å²) in [5.41, 5.74) is 5.58. The lowest BCUT2D eigenvalue weighted by Gasteiger charge is -2.27. The van der Waals surface area contributed by atoms with Gasteiger partial charge in [0.2, 0.25) is 5.82 Å². The molecule has 1 aliphatic rings. The van der Waals surface area contributed by atoms with Gasteiger partial charge in [-0.05, 0) is 25.3 Å². The lowest BCUT2D eigenvalue weighted by molar-refractivity contribution is 0.0317. The van der Waals surface area contributed by atoms with Gasteiger partial charge in [0.05, 0.1) is 25.1 Å². The van der Waals surface area contributed by atoms with E-state index in [0.29, 0.717) is 24.7 Å². The molecule has 1 N–H and O–H groups in total. The molecule has 0 atom stereocenters. The number of aromatic nitrogens is 1. The molecule has 3 rings (SSSR count). The zero-order valence-electron chi connectivity index (χ0n) is 20.0. The second-order valence-corrected chi connectivity index (χ2v) is 8.22. The number of pyridine rings is 1. The minimum Gasteiger partial charge on any atom is -0.474 e. The maximum atomic E-state index is 15.4. The van der Waals surface area contributed by atoms with Gasteiger partial charge >= 0.3 is 0 Å². The van der Waals surface area contributed by atoms with Gasteiger partial charge in [-0.2, -0.15) is 14.5 Å². The van der Waals surface area contributed by atoms with Crippen LogP contribution in [0.25, 0.3) is 0 Å². The van der Waals surface area contributed by atoms with Crippen LogP contribution in [-0.4, -0.2) is 68.6 Å². The predicted octanol–water partition coefficient (Wildman–Crippen LogP) is 4.31. The Morgan fingerprint density at radius 1 is 1.21 bits per heavy atom. The summed E-state index contributed by atoms with van der Waals surface area (Å²) in [5, 5.41) is 4.31. The van der Waals surface area contributed by atoms with Gasteiger partial charge in [0.1, 0.15) is 6.61 Å². The molecule has 8 heteroatoms. The SMILES string of the molecule is CCCN(CCC)c1cc(N/N=C/c2cccc(C)c2)nc(OCCN2CCOCC2)c1F. The standard InChI is InChI=1S/C25H36FN5O2/c1-4-9-31(10-5-2)22-18-23(29-27-19-21-8-6-7-20(3)17-21)28-25(24(22)26)33-16-13-30-11-14-32-15-12-30/h6-8,17-19H,4-5,9-16H2,1-3H3,(H,28,29)/b27-19+. The van der Waals surface area contributed by atoms with Crippen molar-refractivity contribution in [1.82, 2.24) is 9.88 Å². The fourth-order valence-electron chi connectivity index (χ4n) is 3.79. The second kappa shape index (κ2) is 13.1. The molecule has 0 bridgehead atoms. The summed E-state index contributed by atoms with van der Waals surface area (Å²) in [5.74, 6) is 0.0344. The van der Waals surface area contributed by atoms with Crippen molar-refractivity contribution in [3.05, 3.63) is 47.3 Å². The van der Waals surface area contributed by atoms with E-state index in [0.717, 1.165) is 63.4 Å². The van der Waals surface area contributed by atoms with Gasteiger partial charge in [-0.3, -0.25) is 10.3 Å². The number of hydrogen-bond acceptors (Lipinski definition) is 7. The van der Waals surface area contributed by atoms with E-state index in [4.69, 9.17) is 9.47 Å². The highest BCUT2D eigenvalue weighted by Crippen LogP contribution is 2.30. The van der Waals surface area contributed by atoms with Crippen LogP contribution in [0.2, 0.25) is 0 Å². The molecule has 1 fully saturated rings. The van der Waals surface area contributed by atoms with Crippen LogP contribution in [-0.2, 0) is 4.74 Å². The summed E-state index contributed by atoms with van der Waals surface area (Å²) in [6.45, 7) is 12.0. The summed E-state index contributed by atoms with van der Waals surface area (Å²) in [4.78, 5) is 8.67. The maximum absolute atomic E-state index is 15.4. The number of morpholine rings is 1. The van der Waals surface area contributed by atoms with Gasteiger partial charge in [-0.25, -0.2) is 0 Å². The van der Waals surface area contributed by atoms with E-state index in [-0.39, 0.29) is 5.88 Å². The number of nitrogens with zero attached hydrogens (tertiary/aromatic N) is 4. The van der Waals surface area contributed by atoms with Crippen molar-refractivity contribution in [2.75, 3.05) is 62.9 Å². The van der Waals surface area contributed by atoms with E-state index in [1.165, 1.54) is 0 Å². The highest BCUT2D eigenvalue weighted by molar-refractivity contribution is 5.80. The second-order valence-electron chi connectivity index (χ2n) is 8.22. The molecule has 0 aliphatic carbocycles. The third-order valence-corrected chi connectivity index (χ3v) is 5.42. The molecule has 33 heavy (non-hydrogen) atoms. The van der Waals surface area contributed by atoms with Crippen LogP contribution in [0.5, 0.6) is 5.88 Å². The quantitative estimate of drug-likeness (QED) is 0.379. The number of aryl methyl sites for hydroxylation is 1. The Bertz CT molecular complexity index is 896. The first kappa shape index (κ1) is 24.9. The van der Waals surface area contributed by atoms with Crippen molar-refractivity contribution in [3.63, 3.8) is 0 Å². The molecule has 0 radical (unpaired) electrons. The molecule has 0 amide bonds. The Morgan fingerprint density at radius 2 is 1.97 bits per heavy atom. The molecule has 1 aliphatic heterocycles. The first-order chi connectivity index (χ1) is 16.1. The topological polar surface area (TPSA) is 62.2 Å². The molecule has 7 nitrogen and oxygen atoms in total. The number of nitrogens with one attached hydrogen (secondary N) is 1. The van der Waals surface area contributed by atoms with Crippen LogP contribution in [0.4, 0.5) is 15.9 Å². The molecule has 0 spiro atoms. The lowest BCUT2D eigenvalue weighted by Crippen LogP contribution is -2.38. The van der Waals surface area contributed by atoms with Gasteiger partial charge in [0.25, 0.3) is 5.88 Å². The van der Waals surface area contributed by atoms with Crippen LogP contribution in [0.15, 0.2) is 35.4 Å². The summed E-state index contributed by atoms with van der Waals surface area (Å²) in [7, 11) is 0. The third kappa shape index (κ3) is 7.68. The Kier molecular flexibility index (Phi) is 9.90. The van der Waals surface area contributed by atoms with Crippen LogP contribution < -0.4 is 15.1 Å². The number of ether oxygens (including phenoxy) is 2. The van der Waals surface area contributed by atoms with Gasteiger partial charge in [0, 0.05) is 38.8 Å². The van der Waals surface area contributed by atoms with Crippen LogP contribution in [0.3, 0.4) is 0 Å². The summed E-state index contributed by atoms with van der Waals surface area (Å²) < 4.78 is 26.6. The predicted molar refractivity (Wildman–Crippen MR) is 132 cm³/mol. The molecule has 2 aromatic rings. The maximum Gasteiger partial charge on any atom is 0.254 e. The number of hydrazone groups is 1. The highest BCUT2D eigenvalue weighted by Gasteiger charge is 2.19. The molecule has 1 aromatic heterocycles. The van der Waals surface area contributed by atoms with Crippen LogP contribution in [0, 0.1) is 12.7 Å². The lowest BCUT2D eigenvalue weighted by atomic mass is 10.2. The minimum atomic E-state index is -0.424. The van der Waals surface area contributed by atoms with E-state index >= 15 is 4.39 Å². The molecule has 1 saturated heterocycles. The van der Waals surface area contributed by atoms with Gasteiger partial charge < -0.3 is 14.4 Å². The van der Waals surface area contributed by atoms with E-state index in [1.807, 2.05) is 36.1 Å². The van der Waals surface area contributed by atoms with Crippen molar-refractivity contribution < 1.29 is 13.9 Å². The third-order valence-electron chi connectivity index (χ3n) is 5.42. The van der Waals surface area contributed by atoms with E-state index in [2.05, 4.69) is 34.3 Å². The number of hydrogen-bond donors (Lipinski definition) is 1. The summed E-state index contributed by atoms with van der Waals surface area (Å²) in [6.07, 6.45) is 3.57. The van der Waals surface area contributed by atoms with Crippen molar-refractivity contribution in [1.29, 1.82) is 0 Å². The fourth-order valence-corrected chi connectivity index (χ4v) is 3.79. The van der Waals surface area contributed by atoms with Crippen molar-refractivity contribution in [3.8, 4) is 5.88 Å². The zero-order chi connectivity index (χ0) is 23.5. The largest absolute Gasteiger partial charge is 0.474 e. The molecular formula is C25H36FN5O2. The van der Waals surface area contributed by atoms with Crippen LogP contribution in [0.1, 0.15) is 37.8 Å². The average Bonchev–Trinajstić information content (AvgIpc) is 2.81. The number of benzene rings is 1. The molecular weight excluding hydrogens is 421 g/mol. The van der Waals surface area contributed by atoms with Crippen molar-refractivity contribution in [2.45, 2.75) is 33.6 Å². The Labute approximate surface area is 196 Å². The first-order valence-electron chi connectivity index (χ1n) is 11.8. The molecule has 0 saturated carbocycles. The van der Waals surface area contributed by atoms with E-state index in [9.17, 15) is 0 Å². The Hall–Kier alpha value is -2.71. The Balaban J connectivity index is 1.77. The van der Waals surface area contributed by atoms with Crippen molar-refractivity contribution in [2.24, 2.45) is 5.10 Å². The van der Waals surface area contributed by atoms with Crippen LogP contribution >= 0.6 is 0 Å². The summed E-state index contributed by atoms with van der Waals surface area (Å²) >= 11 is 0. The normalized spacial score (nSPS) is 14.5. The minimum absolute atomic E-state index is 0.00576. The molecule has 0 unspecified atom stereocenters. The molecule has 180 valence electrons. The van der Waals surface area contributed by atoms with E-state index < -0.39 is 5.82 Å². The highest BCUT2D eigenvalue weighted by atomic mass is 19.1. The monoisotopic (exact) mass is 457 g/mol. The zero-order valence-corrected chi connectivity index (χ0v) is 20.0.